The first-order valence-corrected chi connectivity index (χ1v) is 13.5. The Hall–Kier alpha value is -3.54. The SMILES string of the molecule is CCOC(=O)c1ccc(NC2CCOCC2)c(N)c1.CCOC(=O)c1ccc(NN2CCN(C)CC2)c(N)c1. The number of benzene rings is 2. The number of nitrogen functional groups attached to an aromatic ring is 2. The zero-order valence-electron chi connectivity index (χ0n) is 23.2. The van der Waals surface area contributed by atoms with Crippen molar-refractivity contribution in [2.75, 3.05) is 81.9 Å². The van der Waals surface area contributed by atoms with Gasteiger partial charge in [0.1, 0.15) is 0 Å². The number of esters is 2. The molecule has 2 aliphatic heterocycles. The highest BCUT2D eigenvalue weighted by Gasteiger charge is 2.17. The number of nitrogens with two attached hydrogens (primary N) is 2. The summed E-state index contributed by atoms with van der Waals surface area (Å²) in [7, 11) is 2.11. The monoisotopic (exact) mass is 542 g/mol. The zero-order valence-corrected chi connectivity index (χ0v) is 23.2. The van der Waals surface area contributed by atoms with Crippen LogP contribution in [-0.4, -0.2) is 87.5 Å². The number of nitrogens with one attached hydrogen (secondary N) is 2. The van der Waals surface area contributed by atoms with E-state index in [2.05, 4.69) is 27.7 Å². The number of nitrogens with zero attached hydrogens (tertiary/aromatic N) is 2. The number of rotatable bonds is 8. The number of carbonyl (C=O) groups is 2. The van der Waals surface area contributed by atoms with Crippen LogP contribution in [0, 0.1) is 0 Å². The average molecular weight is 543 g/mol. The summed E-state index contributed by atoms with van der Waals surface area (Å²) in [5.41, 5.74) is 19.0. The van der Waals surface area contributed by atoms with E-state index in [-0.39, 0.29) is 11.9 Å². The Labute approximate surface area is 230 Å². The minimum absolute atomic E-state index is 0.341. The Balaban J connectivity index is 0.000000216. The molecule has 2 aromatic rings. The third kappa shape index (κ3) is 9.31. The quantitative estimate of drug-likeness (QED) is 0.288. The summed E-state index contributed by atoms with van der Waals surface area (Å²) in [5, 5.41) is 5.52. The molecule has 0 amide bonds. The Bertz CT molecular complexity index is 1080. The van der Waals surface area contributed by atoms with E-state index in [4.69, 9.17) is 25.7 Å². The zero-order chi connectivity index (χ0) is 28.2. The number of hydrogen-bond acceptors (Lipinski definition) is 11. The summed E-state index contributed by atoms with van der Waals surface area (Å²) >= 11 is 0. The van der Waals surface area contributed by atoms with Gasteiger partial charge >= 0.3 is 11.9 Å². The molecule has 2 aliphatic rings. The molecule has 0 aliphatic carbocycles. The van der Waals surface area contributed by atoms with Crippen LogP contribution in [0.3, 0.4) is 0 Å². The predicted molar refractivity (Wildman–Crippen MR) is 154 cm³/mol. The van der Waals surface area contributed by atoms with Crippen molar-refractivity contribution in [3.8, 4) is 0 Å². The number of likely N-dealkylation sites (N-methyl/N-ethyl adjacent to an activating group) is 1. The van der Waals surface area contributed by atoms with E-state index in [1.54, 1.807) is 38.1 Å². The smallest absolute Gasteiger partial charge is 0.338 e. The van der Waals surface area contributed by atoms with Crippen molar-refractivity contribution in [3.63, 3.8) is 0 Å². The van der Waals surface area contributed by atoms with Crippen LogP contribution in [0.2, 0.25) is 0 Å². The molecule has 0 unspecified atom stereocenters. The molecule has 6 N–H and O–H groups in total. The molecule has 2 heterocycles. The Morgan fingerprint density at radius 2 is 1.38 bits per heavy atom. The largest absolute Gasteiger partial charge is 0.462 e. The van der Waals surface area contributed by atoms with Crippen molar-refractivity contribution in [2.24, 2.45) is 0 Å². The van der Waals surface area contributed by atoms with Crippen molar-refractivity contribution in [2.45, 2.75) is 32.7 Å². The van der Waals surface area contributed by atoms with Crippen LogP contribution < -0.4 is 22.2 Å². The topological polar surface area (TPSA) is 144 Å². The summed E-state index contributed by atoms with van der Waals surface area (Å²) in [6.07, 6.45) is 1.94. The van der Waals surface area contributed by atoms with Gasteiger partial charge in [0.15, 0.2) is 0 Å². The number of hydrazine groups is 1. The molecule has 214 valence electrons. The minimum Gasteiger partial charge on any atom is -0.462 e. The van der Waals surface area contributed by atoms with Gasteiger partial charge < -0.3 is 41.3 Å². The van der Waals surface area contributed by atoms with Crippen LogP contribution >= 0.6 is 0 Å². The van der Waals surface area contributed by atoms with Gasteiger partial charge in [0, 0.05) is 45.4 Å². The van der Waals surface area contributed by atoms with Gasteiger partial charge in [-0.25, -0.2) is 14.6 Å². The maximum atomic E-state index is 11.6. The highest BCUT2D eigenvalue weighted by molar-refractivity contribution is 5.92. The standard InChI is InChI=1S/C14H22N4O2.C14H20N2O3/c1-3-20-14(19)11-4-5-13(12(15)10-11)16-18-8-6-17(2)7-9-18;1-2-19-14(17)10-3-4-13(12(15)9-10)16-11-5-7-18-8-6-11/h4-5,10,16H,3,6-9,15H2,1-2H3;3-4,9,11,16H,2,5-8,15H2,1H3. The van der Waals surface area contributed by atoms with E-state index < -0.39 is 0 Å². The molecule has 2 fully saturated rings. The average Bonchev–Trinajstić information content (AvgIpc) is 2.93. The lowest BCUT2D eigenvalue weighted by Crippen LogP contribution is -2.47. The third-order valence-corrected chi connectivity index (χ3v) is 6.49. The Morgan fingerprint density at radius 3 is 1.87 bits per heavy atom. The first kappa shape index (κ1) is 30.0. The summed E-state index contributed by atoms with van der Waals surface area (Å²) in [6, 6.07) is 10.8. The van der Waals surface area contributed by atoms with Crippen molar-refractivity contribution >= 4 is 34.7 Å². The van der Waals surface area contributed by atoms with Gasteiger partial charge in [0.05, 0.1) is 47.1 Å². The fourth-order valence-electron chi connectivity index (χ4n) is 4.19. The molecule has 39 heavy (non-hydrogen) atoms. The van der Waals surface area contributed by atoms with Crippen molar-refractivity contribution in [3.05, 3.63) is 47.5 Å². The van der Waals surface area contributed by atoms with Gasteiger partial charge in [0.2, 0.25) is 0 Å². The van der Waals surface area contributed by atoms with Crippen LogP contribution in [0.5, 0.6) is 0 Å². The van der Waals surface area contributed by atoms with Gasteiger partial charge in [0.25, 0.3) is 0 Å². The van der Waals surface area contributed by atoms with Gasteiger partial charge in [-0.15, -0.1) is 0 Å². The maximum Gasteiger partial charge on any atom is 0.338 e. The molecular formula is C28H42N6O5. The lowest BCUT2D eigenvalue weighted by atomic mass is 10.1. The lowest BCUT2D eigenvalue weighted by molar-refractivity contribution is 0.0517. The number of ether oxygens (including phenoxy) is 3. The third-order valence-electron chi connectivity index (χ3n) is 6.49. The highest BCUT2D eigenvalue weighted by Crippen LogP contribution is 2.24. The van der Waals surface area contributed by atoms with Crippen LogP contribution in [0.15, 0.2) is 36.4 Å². The number of anilines is 4. The Kier molecular flexibility index (Phi) is 11.7. The normalized spacial score (nSPS) is 16.5. The van der Waals surface area contributed by atoms with E-state index in [9.17, 15) is 9.59 Å². The van der Waals surface area contributed by atoms with Crippen LogP contribution in [-0.2, 0) is 14.2 Å². The molecule has 2 aromatic carbocycles. The predicted octanol–water partition coefficient (Wildman–Crippen LogP) is 3.06. The molecule has 4 rings (SSSR count). The summed E-state index contributed by atoms with van der Waals surface area (Å²) in [5.74, 6) is -0.683. The molecule has 0 bridgehead atoms. The van der Waals surface area contributed by atoms with E-state index in [0.29, 0.717) is 41.8 Å². The van der Waals surface area contributed by atoms with Crippen molar-refractivity contribution in [1.29, 1.82) is 0 Å². The highest BCUT2D eigenvalue weighted by atomic mass is 16.5. The maximum absolute atomic E-state index is 11.6. The summed E-state index contributed by atoms with van der Waals surface area (Å²) in [6.45, 7) is 9.76. The van der Waals surface area contributed by atoms with Gasteiger partial charge in [-0.05, 0) is 70.1 Å². The second kappa shape index (κ2) is 15.2. The number of hydrogen-bond donors (Lipinski definition) is 4. The molecule has 0 atom stereocenters. The van der Waals surface area contributed by atoms with Gasteiger partial charge in [-0.2, -0.15) is 0 Å². The minimum atomic E-state index is -0.342. The second-order valence-electron chi connectivity index (χ2n) is 9.48. The van der Waals surface area contributed by atoms with Gasteiger partial charge in [-0.3, -0.25) is 0 Å². The Morgan fingerprint density at radius 1 is 0.872 bits per heavy atom. The molecule has 0 saturated carbocycles. The summed E-state index contributed by atoms with van der Waals surface area (Å²) in [4.78, 5) is 25.5. The summed E-state index contributed by atoms with van der Waals surface area (Å²) < 4.78 is 15.2. The molecule has 0 aromatic heterocycles. The van der Waals surface area contributed by atoms with E-state index >= 15 is 0 Å². The second-order valence-corrected chi connectivity index (χ2v) is 9.48. The molecule has 0 spiro atoms. The van der Waals surface area contributed by atoms with E-state index in [1.807, 2.05) is 12.1 Å². The molecule has 11 nitrogen and oxygen atoms in total. The number of carbonyl (C=O) groups excluding carboxylic acids is 2. The number of piperazine rings is 1. The van der Waals surface area contributed by atoms with Crippen LogP contribution in [0.1, 0.15) is 47.4 Å². The fourth-order valence-corrected chi connectivity index (χ4v) is 4.19. The first-order chi connectivity index (χ1) is 18.8. The van der Waals surface area contributed by atoms with Crippen molar-refractivity contribution in [1.82, 2.24) is 9.91 Å². The van der Waals surface area contributed by atoms with Crippen molar-refractivity contribution < 1.29 is 23.8 Å². The van der Waals surface area contributed by atoms with Gasteiger partial charge in [-0.1, -0.05) is 0 Å². The fraction of sp³-hybridized carbons (Fsp3) is 0.500. The first-order valence-electron chi connectivity index (χ1n) is 13.5. The van der Waals surface area contributed by atoms with E-state index in [1.165, 1.54) is 0 Å². The lowest BCUT2D eigenvalue weighted by Gasteiger charge is -2.33. The molecule has 11 heteroatoms. The molecule has 2 saturated heterocycles. The van der Waals surface area contributed by atoms with Crippen LogP contribution in [0.4, 0.5) is 22.7 Å². The van der Waals surface area contributed by atoms with E-state index in [0.717, 1.165) is 63.6 Å². The molecular weight excluding hydrogens is 500 g/mol. The molecule has 0 radical (unpaired) electrons. The van der Waals surface area contributed by atoms with Crippen LogP contribution in [0.25, 0.3) is 0 Å².